The van der Waals surface area contributed by atoms with Crippen molar-refractivity contribution in [3.05, 3.63) is 57.0 Å². The molecule has 0 aliphatic rings. The summed E-state index contributed by atoms with van der Waals surface area (Å²) in [7, 11) is 0. The molecule has 0 saturated carbocycles. The number of nitrogens with zero attached hydrogens (tertiary/aromatic N) is 3. The summed E-state index contributed by atoms with van der Waals surface area (Å²) in [5.74, 6) is 0.803. The molecule has 0 N–H and O–H groups in total. The first kappa shape index (κ1) is 13.7. The molecule has 0 radical (unpaired) electrons. The SMILES string of the molecule is Cc1cccc(Cn2c(C(C)C)nc(Cl)cc2=O)n1. The monoisotopic (exact) mass is 277 g/mol. The van der Waals surface area contributed by atoms with Crippen LogP contribution in [-0.4, -0.2) is 14.5 Å². The van der Waals surface area contributed by atoms with Crippen molar-refractivity contribution in [2.24, 2.45) is 0 Å². The maximum atomic E-state index is 12.1. The van der Waals surface area contributed by atoms with Crippen LogP contribution in [0.3, 0.4) is 0 Å². The highest BCUT2D eigenvalue weighted by Gasteiger charge is 2.12. The number of halogens is 1. The van der Waals surface area contributed by atoms with E-state index in [9.17, 15) is 4.79 Å². The Bertz CT molecular complexity index is 649. The van der Waals surface area contributed by atoms with Crippen LogP contribution in [0.25, 0.3) is 0 Å². The van der Waals surface area contributed by atoms with Crippen molar-refractivity contribution in [2.45, 2.75) is 33.2 Å². The van der Waals surface area contributed by atoms with Crippen molar-refractivity contribution in [3.63, 3.8) is 0 Å². The van der Waals surface area contributed by atoms with Gasteiger partial charge in [-0.3, -0.25) is 14.3 Å². The van der Waals surface area contributed by atoms with Crippen molar-refractivity contribution >= 4 is 11.6 Å². The van der Waals surface area contributed by atoms with Crippen LogP contribution in [0.4, 0.5) is 0 Å². The second-order valence-electron chi connectivity index (χ2n) is 4.79. The summed E-state index contributed by atoms with van der Waals surface area (Å²) >= 11 is 5.85. The summed E-state index contributed by atoms with van der Waals surface area (Å²) in [6, 6.07) is 7.10. The van der Waals surface area contributed by atoms with E-state index in [0.717, 1.165) is 11.4 Å². The first-order valence-electron chi connectivity index (χ1n) is 6.17. The van der Waals surface area contributed by atoms with E-state index in [2.05, 4.69) is 9.97 Å². The van der Waals surface area contributed by atoms with Gasteiger partial charge in [0.1, 0.15) is 11.0 Å². The van der Waals surface area contributed by atoms with Crippen molar-refractivity contribution in [3.8, 4) is 0 Å². The van der Waals surface area contributed by atoms with Gasteiger partial charge >= 0.3 is 0 Å². The minimum atomic E-state index is -0.146. The molecule has 0 fully saturated rings. The molecule has 4 nitrogen and oxygen atoms in total. The molecule has 0 amide bonds. The van der Waals surface area contributed by atoms with Gasteiger partial charge in [0, 0.05) is 17.7 Å². The molecule has 0 atom stereocenters. The van der Waals surface area contributed by atoms with Gasteiger partial charge in [-0.1, -0.05) is 31.5 Å². The molecule has 0 aliphatic carbocycles. The quantitative estimate of drug-likeness (QED) is 0.811. The lowest BCUT2D eigenvalue weighted by molar-refractivity contribution is 0.616. The highest BCUT2D eigenvalue weighted by molar-refractivity contribution is 6.29. The molecular weight excluding hydrogens is 262 g/mol. The Balaban J connectivity index is 2.47. The maximum Gasteiger partial charge on any atom is 0.255 e. The highest BCUT2D eigenvalue weighted by atomic mass is 35.5. The standard InChI is InChI=1S/C14H16ClN3O/c1-9(2)14-17-12(15)7-13(19)18(14)8-11-6-4-5-10(3)16-11/h4-7,9H,8H2,1-3H3. The third kappa shape index (κ3) is 3.20. The molecule has 100 valence electrons. The fourth-order valence-corrected chi connectivity index (χ4v) is 2.12. The lowest BCUT2D eigenvalue weighted by Crippen LogP contribution is -2.26. The highest BCUT2D eigenvalue weighted by Crippen LogP contribution is 2.13. The minimum Gasteiger partial charge on any atom is -0.290 e. The van der Waals surface area contributed by atoms with Gasteiger partial charge in [0.15, 0.2) is 0 Å². The molecule has 2 aromatic heterocycles. The molecule has 0 saturated heterocycles. The number of pyridine rings is 1. The molecule has 2 rings (SSSR count). The second kappa shape index (κ2) is 5.53. The molecule has 0 aliphatic heterocycles. The van der Waals surface area contributed by atoms with E-state index in [1.165, 1.54) is 6.07 Å². The summed E-state index contributed by atoms with van der Waals surface area (Å²) < 4.78 is 1.62. The summed E-state index contributed by atoms with van der Waals surface area (Å²) in [4.78, 5) is 20.7. The molecule has 2 aromatic rings. The number of aromatic nitrogens is 3. The molecule has 0 bridgehead atoms. The second-order valence-corrected chi connectivity index (χ2v) is 5.17. The number of hydrogen-bond acceptors (Lipinski definition) is 3. The molecule has 0 aromatic carbocycles. The Labute approximate surface area is 117 Å². The third-order valence-electron chi connectivity index (χ3n) is 2.79. The van der Waals surface area contributed by atoms with Crippen LogP contribution in [0.1, 0.15) is 37.0 Å². The van der Waals surface area contributed by atoms with E-state index in [0.29, 0.717) is 12.4 Å². The lowest BCUT2D eigenvalue weighted by atomic mass is 10.2. The minimum absolute atomic E-state index is 0.121. The van der Waals surface area contributed by atoms with Gasteiger partial charge in [-0.15, -0.1) is 0 Å². The van der Waals surface area contributed by atoms with Crippen LogP contribution in [0, 0.1) is 6.92 Å². The van der Waals surface area contributed by atoms with Gasteiger partial charge in [-0.05, 0) is 19.1 Å². The fourth-order valence-electron chi connectivity index (χ4n) is 1.94. The van der Waals surface area contributed by atoms with Crippen LogP contribution >= 0.6 is 11.6 Å². The van der Waals surface area contributed by atoms with Crippen LogP contribution in [0.15, 0.2) is 29.1 Å². The van der Waals surface area contributed by atoms with E-state index in [-0.39, 0.29) is 16.6 Å². The first-order chi connectivity index (χ1) is 8.97. The smallest absolute Gasteiger partial charge is 0.255 e. The number of aryl methyl sites for hydroxylation is 1. The molecule has 0 spiro atoms. The molecule has 2 heterocycles. The van der Waals surface area contributed by atoms with Crippen LogP contribution in [-0.2, 0) is 6.54 Å². The zero-order valence-electron chi connectivity index (χ0n) is 11.2. The van der Waals surface area contributed by atoms with E-state index >= 15 is 0 Å². The normalized spacial score (nSPS) is 11.0. The Morgan fingerprint density at radius 3 is 2.68 bits per heavy atom. The van der Waals surface area contributed by atoms with Crippen molar-refractivity contribution in [1.82, 2.24) is 14.5 Å². The van der Waals surface area contributed by atoms with Gasteiger partial charge in [-0.2, -0.15) is 0 Å². The average Bonchev–Trinajstić information content (AvgIpc) is 2.32. The summed E-state index contributed by atoms with van der Waals surface area (Å²) in [6.07, 6.45) is 0. The topological polar surface area (TPSA) is 47.8 Å². The molecule has 0 unspecified atom stereocenters. The van der Waals surface area contributed by atoms with E-state index < -0.39 is 0 Å². The predicted molar refractivity (Wildman–Crippen MR) is 75.7 cm³/mol. The number of rotatable bonds is 3. The lowest BCUT2D eigenvalue weighted by Gasteiger charge is -2.14. The van der Waals surface area contributed by atoms with Crippen molar-refractivity contribution in [1.29, 1.82) is 0 Å². The summed E-state index contributed by atoms with van der Waals surface area (Å²) in [6.45, 7) is 6.31. The molecule has 19 heavy (non-hydrogen) atoms. The van der Waals surface area contributed by atoms with Gasteiger partial charge in [0.25, 0.3) is 5.56 Å². The van der Waals surface area contributed by atoms with Gasteiger partial charge < -0.3 is 0 Å². The van der Waals surface area contributed by atoms with Crippen LogP contribution in [0.5, 0.6) is 0 Å². The van der Waals surface area contributed by atoms with Crippen LogP contribution < -0.4 is 5.56 Å². The van der Waals surface area contributed by atoms with E-state index in [4.69, 9.17) is 11.6 Å². The average molecular weight is 278 g/mol. The zero-order valence-corrected chi connectivity index (χ0v) is 12.0. The molecule has 5 heteroatoms. The van der Waals surface area contributed by atoms with Gasteiger partial charge in [0.05, 0.1) is 12.2 Å². The molecular formula is C14H16ClN3O. The Morgan fingerprint density at radius 1 is 1.32 bits per heavy atom. The van der Waals surface area contributed by atoms with Gasteiger partial charge in [0.2, 0.25) is 0 Å². The zero-order chi connectivity index (χ0) is 14.0. The van der Waals surface area contributed by atoms with E-state index in [1.54, 1.807) is 4.57 Å². The summed E-state index contributed by atoms with van der Waals surface area (Å²) in [5, 5.41) is 0.238. The maximum absolute atomic E-state index is 12.1. The largest absolute Gasteiger partial charge is 0.290 e. The Kier molecular flexibility index (Phi) is 4.00. The summed E-state index contributed by atoms with van der Waals surface area (Å²) in [5.41, 5.74) is 1.62. The fraction of sp³-hybridized carbons (Fsp3) is 0.357. The Hall–Kier alpha value is -1.68. The first-order valence-corrected chi connectivity index (χ1v) is 6.55. The third-order valence-corrected chi connectivity index (χ3v) is 2.98. The van der Waals surface area contributed by atoms with E-state index in [1.807, 2.05) is 39.0 Å². The predicted octanol–water partition coefficient (Wildman–Crippen LogP) is 2.77. The Morgan fingerprint density at radius 2 is 2.05 bits per heavy atom. The van der Waals surface area contributed by atoms with Crippen molar-refractivity contribution < 1.29 is 0 Å². The van der Waals surface area contributed by atoms with Gasteiger partial charge in [-0.25, -0.2) is 4.98 Å². The number of hydrogen-bond donors (Lipinski definition) is 0. The van der Waals surface area contributed by atoms with Crippen LogP contribution in [0.2, 0.25) is 5.15 Å². The van der Waals surface area contributed by atoms with Crippen molar-refractivity contribution in [2.75, 3.05) is 0 Å².